The molecule has 6 heteroatoms. The van der Waals surface area contributed by atoms with E-state index in [4.69, 9.17) is 11.6 Å². The minimum Gasteiger partial charge on any atom is -0.372 e. The first-order valence-corrected chi connectivity index (χ1v) is 9.89. The van der Waals surface area contributed by atoms with Crippen LogP contribution in [0.5, 0.6) is 0 Å². The number of halogens is 1. The molecule has 0 aromatic heterocycles. The highest BCUT2D eigenvalue weighted by molar-refractivity contribution is 6.33. The number of nitrogens with one attached hydrogen (secondary N) is 1. The molecule has 0 bridgehead atoms. The van der Waals surface area contributed by atoms with E-state index in [1.54, 1.807) is 30.3 Å². The summed E-state index contributed by atoms with van der Waals surface area (Å²) in [6.45, 7) is 6.34. The standard InChI is InChI=1S/C22H24ClN3O2/c1-3-12-25(13-4-2)18-10-8-16(9-11-18)14-20-21(27)24-26(22(20)28)19-7-5-6-17(23)15-19/h5-11,14-15H,3-4,12-13H2,1-2H3,(H,24,27). The maximum Gasteiger partial charge on any atom is 0.282 e. The Balaban J connectivity index is 1.81. The lowest BCUT2D eigenvalue weighted by molar-refractivity contribution is -0.117. The molecule has 1 aliphatic heterocycles. The van der Waals surface area contributed by atoms with Gasteiger partial charge in [-0.2, -0.15) is 0 Å². The Morgan fingerprint density at radius 1 is 1.04 bits per heavy atom. The summed E-state index contributed by atoms with van der Waals surface area (Å²) in [7, 11) is 0. The molecule has 0 spiro atoms. The summed E-state index contributed by atoms with van der Waals surface area (Å²) in [4.78, 5) is 27.4. The van der Waals surface area contributed by atoms with Crippen molar-refractivity contribution in [2.75, 3.05) is 23.0 Å². The molecule has 1 heterocycles. The van der Waals surface area contributed by atoms with Crippen LogP contribution >= 0.6 is 11.6 Å². The molecule has 3 rings (SSSR count). The van der Waals surface area contributed by atoms with Crippen LogP contribution in [0, 0.1) is 0 Å². The van der Waals surface area contributed by atoms with Crippen LogP contribution in [0.4, 0.5) is 11.4 Å². The van der Waals surface area contributed by atoms with Crippen molar-refractivity contribution in [2.45, 2.75) is 26.7 Å². The van der Waals surface area contributed by atoms with E-state index in [1.165, 1.54) is 5.01 Å². The van der Waals surface area contributed by atoms with E-state index in [9.17, 15) is 9.59 Å². The molecule has 0 unspecified atom stereocenters. The van der Waals surface area contributed by atoms with E-state index in [0.29, 0.717) is 10.7 Å². The zero-order chi connectivity index (χ0) is 20.1. The largest absolute Gasteiger partial charge is 0.372 e. The SMILES string of the molecule is CCCN(CCC)c1ccc(C=C2C(=O)NN(c3cccc(Cl)c3)C2=O)cc1. The van der Waals surface area contributed by atoms with Gasteiger partial charge in [0.15, 0.2) is 0 Å². The van der Waals surface area contributed by atoms with Gasteiger partial charge in [-0.1, -0.05) is 43.6 Å². The van der Waals surface area contributed by atoms with Gasteiger partial charge in [-0.25, -0.2) is 5.01 Å². The van der Waals surface area contributed by atoms with Crippen molar-refractivity contribution in [1.29, 1.82) is 0 Å². The van der Waals surface area contributed by atoms with Crippen LogP contribution in [0.15, 0.2) is 54.1 Å². The number of carbonyl (C=O) groups is 2. The molecule has 1 saturated heterocycles. The number of amides is 2. The van der Waals surface area contributed by atoms with Gasteiger partial charge in [0.05, 0.1) is 5.69 Å². The van der Waals surface area contributed by atoms with Crippen LogP contribution in [0.2, 0.25) is 5.02 Å². The van der Waals surface area contributed by atoms with Crippen molar-refractivity contribution in [3.05, 3.63) is 64.7 Å². The quantitative estimate of drug-likeness (QED) is 0.555. The Hall–Kier alpha value is -2.79. The molecule has 2 aromatic carbocycles. The third kappa shape index (κ3) is 4.37. The second-order valence-corrected chi connectivity index (χ2v) is 7.13. The molecular weight excluding hydrogens is 374 g/mol. The summed E-state index contributed by atoms with van der Waals surface area (Å²) in [5, 5.41) is 1.72. The van der Waals surface area contributed by atoms with Crippen molar-refractivity contribution in [3.63, 3.8) is 0 Å². The average molecular weight is 398 g/mol. The van der Waals surface area contributed by atoms with E-state index < -0.39 is 11.8 Å². The predicted molar refractivity (Wildman–Crippen MR) is 114 cm³/mol. The Kier molecular flexibility index (Phi) is 6.37. The van der Waals surface area contributed by atoms with Crippen LogP contribution < -0.4 is 15.3 Å². The van der Waals surface area contributed by atoms with Crippen LogP contribution in [-0.2, 0) is 9.59 Å². The van der Waals surface area contributed by atoms with Crippen LogP contribution in [0.1, 0.15) is 32.3 Å². The maximum atomic E-state index is 12.7. The van der Waals surface area contributed by atoms with E-state index in [0.717, 1.165) is 37.2 Å². The van der Waals surface area contributed by atoms with E-state index in [1.807, 2.05) is 24.3 Å². The van der Waals surface area contributed by atoms with Crippen LogP contribution in [-0.4, -0.2) is 24.9 Å². The summed E-state index contributed by atoms with van der Waals surface area (Å²) in [5.74, 6) is -0.817. The number of nitrogens with zero attached hydrogens (tertiary/aromatic N) is 2. The van der Waals surface area contributed by atoms with Crippen molar-refractivity contribution >= 4 is 40.9 Å². The zero-order valence-corrected chi connectivity index (χ0v) is 16.9. The van der Waals surface area contributed by atoms with Gasteiger partial charge >= 0.3 is 0 Å². The summed E-state index contributed by atoms with van der Waals surface area (Å²) < 4.78 is 0. The number of rotatable bonds is 7. The first kappa shape index (κ1) is 20.0. The number of hydrogen-bond donors (Lipinski definition) is 1. The Morgan fingerprint density at radius 3 is 2.32 bits per heavy atom. The number of carbonyl (C=O) groups excluding carboxylic acids is 2. The third-order valence-corrected chi connectivity index (χ3v) is 4.75. The third-order valence-electron chi connectivity index (χ3n) is 4.51. The van der Waals surface area contributed by atoms with Gasteiger partial charge in [-0.05, 0) is 54.8 Å². The first-order valence-electron chi connectivity index (χ1n) is 9.51. The Morgan fingerprint density at radius 2 is 1.71 bits per heavy atom. The van der Waals surface area contributed by atoms with Crippen LogP contribution in [0.3, 0.4) is 0 Å². The van der Waals surface area contributed by atoms with Gasteiger partial charge in [-0.3, -0.25) is 15.0 Å². The van der Waals surface area contributed by atoms with Gasteiger partial charge in [-0.15, -0.1) is 0 Å². The number of benzene rings is 2. The second-order valence-electron chi connectivity index (χ2n) is 6.70. The van der Waals surface area contributed by atoms with Gasteiger partial charge in [0, 0.05) is 23.8 Å². The maximum absolute atomic E-state index is 12.7. The molecule has 0 saturated carbocycles. The van der Waals surface area contributed by atoms with Gasteiger partial charge in [0.1, 0.15) is 5.57 Å². The molecule has 0 radical (unpaired) electrons. The number of hydrazine groups is 1. The lowest BCUT2D eigenvalue weighted by atomic mass is 10.1. The highest BCUT2D eigenvalue weighted by Gasteiger charge is 2.34. The number of hydrogen-bond acceptors (Lipinski definition) is 3. The molecule has 1 fully saturated rings. The molecule has 1 N–H and O–H groups in total. The number of anilines is 2. The topological polar surface area (TPSA) is 52.7 Å². The summed E-state index contributed by atoms with van der Waals surface area (Å²) >= 11 is 5.99. The normalized spacial score (nSPS) is 15.2. The van der Waals surface area contributed by atoms with Gasteiger partial charge < -0.3 is 4.90 Å². The van der Waals surface area contributed by atoms with Gasteiger partial charge in [0.25, 0.3) is 11.8 Å². The minimum absolute atomic E-state index is 0.103. The second kappa shape index (κ2) is 8.93. The molecule has 0 atom stereocenters. The summed E-state index contributed by atoms with van der Waals surface area (Å²) in [5.41, 5.74) is 5.18. The van der Waals surface area contributed by atoms with E-state index in [2.05, 4.69) is 24.2 Å². The molecule has 28 heavy (non-hydrogen) atoms. The van der Waals surface area contributed by atoms with Crippen LogP contribution in [0.25, 0.3) is 6.08 Å². The summed E-state index contributed by atoms with van der Waals surface area (Å²) in [6.07, 6.45) is 3.79. The Bertz CT molecular complexity index is 887. The molecule has 2 aromatic rings. The zero-order valence-electron chi connectivity index (χ0n) is 16.1. The highest BCUT2D eigenvalue weighted by Crippen LogP contribution is 2.24. The molecule has 2 amide bonds. The summed E-state index contributed by atoms with van der Waals surface area (Å²) in [6, 6.07) is 14.7. The van der Waals surface area contributed by atoms with E-state index in [-0.39, 0.29) is 5.57 Å². The average Bonchev–Trinajstić information content (AvgIpc) is 2.97. The predicted octanol–water partition coefficient (Wildman–Crippen LogP) is 4.43. The van der Waals surface area contributed by atoms with Gasteiger partial charge in [0.2, 0.25) is 0 Å². The molecular formula is C22H24ClN3O2. The van der Waals surface area contributed by atoms with Crippen molar-refractivity contribution in [1.82, 2.24) is 5.43 Å². The molecule has 5 nitrogen and oxygen atoms in total. The van der Waals surface area contributed by atoms with Crippen molar-refractivity contribution < 1.29 is 9.59 Å². The van der Waals surface area contributed by atoms with Crippen molar-refractivity contribution in [3.8, 4) is 0 Å². The fourth-order valence-corrected chi connectivity index (χ4v) is 3.40. The lowest BCUT2D eigenvalue weighted by Gasteiger charge is -2.23. The van der Waals surface area contributed by atoms with E-state index >= 15 is 0 Å². The Labute approximate surface area is 170 Å². The first-order chi connectivity index (χ1) is 13.5. The van der Waals surface area contributed by atoms with Crippen molar-refractivity contribution in [2.24, 2.45) is 0 Å². The molecule has 146 valence electrons. The fourth-order valence-electron chi connectivity index (χ4n) is 3.21. The minimum atomic E-state index is -0.423. The highest BCUT2D eigenvalue weighted by atomic mass is 35.5. The molecule has 1 aliphatic rings. The lowest BCUT2D eigenvalue weighted by Crippen LogP contribution is -2.35. The smallest absolute Gasteiger partial charge is 0.282 e. The monoisotopic (exact) mass is 397 g/mol. The fraction of sp³-hybridized carbons (Fsp3) is 0.273. The molecule has 0 aliphatic carbocycles.